The van der Waals surface area contributed by atoms with E-state index >= 15 is 0 Å². The Bertz CT molecular complexity index is 333. The molecule has 1 aliphatic heterocycles. The van der Waals surface area contributed by atoms with Gasteiger partial charge in [0.1, 0.15) is 6.61 Å². The summed E-state index contributed by atoms with van der Waals surface area (Å²) >= 11 is 0. The van der Waals surface area contributed by atoms with Crippen molar-refractivity contribution in [2.24, 2.45) is 11.8 Å². The Morgan fingerprint density at radius 1 is 1.44 bits per heavy atom. The van der Waals surface area contributed by atoms with Gasteiger partial charge in [-0.1, -0.05) is 12.5 Å². The number of aliphatic hydroxyl groups is 2. The summed E-state index contributed by atoms with van der Waals surface area (Å²) in [5.41, 5.74) is -0.141. The Morgan fingerprint density at radius 2 is 2.06 bits per heavy atom. The zero-order valence-electron chi connectivity index (χ0n) is 11.6. The summed E-state index contributed by atoms with van der Waals surface area (Å²) in [6, 6.07) is 0. The first-order valence-electron chi connectivity index (χ1n) is 6.46. The lowest BCUT2D eigenvalue weighted by atomic mass is 9.81. The van der Waals surface area contributed by atoms with E-state index < -0.39 is 23.6 Å². The second-order valence-corrected chi connectivity index (χ2v) is 5.78. The van der Waals surface area contributed by atoms with Gasteiger partial charge < -0.3 is 14.9 Å². The topological polar surface area (TPSA) is 66.8 Å². The van der Waals surface area contributed by atoms with Gasteiger partial charge in [0.25, 0.3) is 0 Å². The molecule has 0 fully saturated rings. The zero-order valence-corrected chi connectivity index (χ0v) is 11.6. The van der Waals surface area contributed by atoms with E-state index in [1.807, 2.05) is 19.9 Å². The molecule has 0 saturated carbocycles. The monoisotopic (exact) mass is 256 g/mol. The maximum absolute atomic E-state index is 11.7. The lowest BCUT2D eigenvalue weighted by Crippen LogP contribution is -2.47. The van der Waals surface area contributed by atoms with Crippen LogP contribution in [0.1, 0.15) is 40.5 Å². The molecular weight excluding hydrogens is 232 g/mol. The van der Waals surface area contributed by atoms with E-state index in [4.69, 9.17) is 4.74 Å². The maximum atomic E-state index is 11.7. The van der Waals surface area contributed by atoms with Gasteiger partial charge in [0, 0.05) is 0 Å². The lowest BCUT2D eigenvalue weighted by molar-refractivity contribution is -0.160. The highest BCUT2D eigenvalue weighted by Gasteiger charge is 2.39. The molecule has 2 N–H and O–H groups in total. The van der Waals surface area contributed by atoms with E-state index in [0.717, 1.165) is 12.0 Å². The molecule has 0 bridgehead atoms. The fourth-order valence-electron chi connectivity index (χ4n) is 2.60. The number of hydrogen-bond donors (Lipinski definition) is 2. The Morgan fingerprint density at radius 3 is 2.67 bits per heavy atom. The van der Waals surface area contributed by atoms with Crippen molar-refractivity contribution in [3.8, 4) is 0 Å². The maximum Gasteiger partial charge on any atom is 0.311 e. The average Bonchev–Trinajstić information content (AvgIpc) is 2.25. The van der Waals surface area contributed by atoms with Crippen molar-refractivity contribution >= 4 is 5.97 Å². The molecule has 0 aliphatic carbocycles. The Balaban J connectivity index is 2.94. The minimum absolute atomic E-state index is 0.233. The number of allylic oxidation sites excluding steroid dienone is 1. The Labute approximate surface area is 109 Å². The van der Waals surface area contributed by atoms with Crippen LogP contribution in [-0.4, -0.2) is 34.5 Å². The highest BCUT2D eigenvalue weighted by molar-refractivity contribution is 5.73. The summed E-state index contributed by atoms with van der Waals surface area (Å²) in [6.45, 7) is 7.41. The molecule has 4 atom stereocenters. The Hall–Kier alpha value is -0.870. The third kappa shape index (κ3) is 3.82. The molecular formula is C14H24O4. The van der Waals surface area contributed by atoms with Gasteiger partial charge in [-0.15, -0.1) is 0 Å². The fourth-order valence-corrected chi connectivity index (χ4v) is 2.60. The number of carbonyl (C=O) groups is 1. The second-order valence-electron chi connectivity index (χ2n) is 5.78. The van der Waals surface area contributed by atoms with E-state index in [2.05, 4.69) is 0 Å². The summed E-state index contributed by atoms with van der Waals surface area (Å²) in [6.07, 6.45) is 2.06. The molecule has 0 saturated heterocycles. The van der Waals surface area contributed by atoms with Crippen molar-refractivity contribution in [1.29, 1.82) is 0 Å². The first kappa shape index (κ1) is 15.2. The van der Waals surface area contributed by atoms with Crippen LogP contribution in [0.3, 0.4) is 0 Å². The molecule has 0 aromatic heterocycles. The average molecular weight is 256 g/mol. The summed E-state index contributed by atoms with van der Waals surface area (Å²) in [4.78, 5) is 11.7. The SMILES string of the molecule is C/C1=C\COC(=O)C(C)C(O)[C@](C)(O)CC(C)C1. The number of aliphatic hydroxyl groups excluding tert-OH is 1. The van der Waals surface area contributed by atoms with Crippen molar-refractivity contribution in [1.82, 2.24) is 0 Å². The van der Waals surface area contributed by atoms with E-state index in [1.54, 1.807) is 13.8 Å². The normalized spacial score (nSPS) is 42.4. The summed E-state index contributed by atoms with van der Waals surface area (Å²) in [7, 11) is 0. The van der Waals surface area contributed by atoms with Crippen LogP contribution < -0.4 is 0 Å². The molecule has 1 heterocycles. The van der Waals surface area contributed by atoms with Gasteiger partial charge in [-0.05, 0) is 45.6 Å². The fraction of sp³-hybridized carbons (Fsp3) is 0.786. The van der Waals surface area contributed by atoms with Crippen LogP contribution in [0.2, 0.25) is 0 Å². The number of cyclic esters (lactones) is 1. The Kier molecular flexibility index (Phi) is 4.93. The molecule has 4 nitrogen and oxygen atoms in total. The number of ether oxygens (including phenoxy) is 1. The predicted octanol–water partition coefficient (Wildman–Crippen LogP) is 1.65. The minimum Gasteiger partial charge on any atom is -0.461 e. The van der Waals surface area contributed by atoms with Gasteiger partial charge in [-0.3, -0.25) is 4.79 Å². The van der Waals surface area contributed by atoms with Crippen LogP contribution in [0.25, 0.3) is 0 Å². The quantitative estimate of drug-likeness (QED) is 0.511. The van der Waals surface area contributed by atoms with Crippen molar-refractivity contribution in [3.63, 3.8) is 0 Å². The number of esters is 1. The van der Waals surface area contributed by atoms with Gasteiger partial charge in [0.05, 0.1) is 17.6 Å². The van der Waals surface area contributed by atoms with Crippen LogP contribution in [0.5, 0.6) is 0 Å². The molecule has 4 heteroatoms. The smallest absolute Gasteiger partial charge is 0.311 e. The standard InChI is InChI=1S/C14H24O4/c1-9-5-6-18-13(16)11(3)12(15)14(4,17)8-10(2)7-9/h5,10-12,15,17H,6-8H2,1-4H3/b9-5+/t10?,11?,12?,14-/m1/s1. The van der Waals surface area contributed by atoms with Crippen LogP contribution in [0.4, 0.5) is 0 Å². The van der Waals surface area contributed by atoms with Gasteiger partial charge in [-0.25, -0.2) is 0 Å². The van der Waals surface area contributed by atoms with E-state index in [1.165, 1.54) is 0 Å². The third-order valence-electron chi connectivity index (χ3n) is 3.57. The number of hydrogen-bond acceptors (Lipinski definition) is 4. The molecule has 18 heavy (non-hydrogen) atoms. The third-order valence-corrected chi connectivity index (χ3v) is 3.57. The van der Waals surface area contributed by atoms with E-state index in [-0.39, 0.29) is 12.5 Å². The number of rotatable bonds is 0. The van der Waals surface area contributed by atoms with Crippen molar-refractivity contribution in [2.45, 2.75) is 52.2 Å². The zero-order chi connectivity index (χ0) is 13.9. The van der Waals surface area contributed by atoms with Gasteiger partial charge in [0.15, 0.2) is 0 Å². The van der Waals surface area contributed by atoms with E-state index in [9.17, 15) is 15.0 Å². The molecule has 0 aromatic carbocycles. The molecule has 3 unspecified atom stereocenters. The van der Waals surface area contributed by atoms with Crippen LogP contribution in [-0.2, 0) is 9.53 Å². The number of carbonyl (C=O) groups excluding carboxylic acids is 1. The first-order chi connectivity index (χ1) is 8.24. The molecule has 0 amide bonds. The molecule has 0 spiro atoms. The molecule has 0 aromatic rings. The molecule has 1 rings (SSSR count). The summed E-state index contributed by atoms with van der Waals surface area (Å²) in [5, 5.41) is 20.4. The van der Waals surface area contributed by atoms with Crippen LogP contribution >= 0.6 is 0 Å². The van der Waals surface area contributed by atoms with Gasteiger partial charge in [0.2, 0.25) is 0 Å². The first-order valence-corrected chi connectivity index (χ1v) is 6.46. The van der Waals surface area contributed by atoms with Gasteiger partial charge in [-0.2, -0.15) is 0 Å². The highest BCUT2D eigenvalue weighted by atomic mass is 16.5. The summed E-state index contributed by atoms with van der Waals surface area (Å²) in [5.74, 6) is -0.952. The van der Waals surface area contributed by atoms with E-state index in [0.29, 0.717) is 6.42 Å². The highest BCUT2D eigenvalue weighted by Crippen LogP contribution is 2.29. The molecule has 1 aliphatic rings. The van der Waals surface area contributed by atoms with Crippen LogP contribution in [0.15, 0.2) is 11.6 Å². The molecule has 104 valence electrons. The van der Waals surface area contributed by atoms with Crippen molar-refractivity contribution in [2.75, 3.05) is 6.61 Å². The van der Waals surface area contributed by atoms with Crippen molar-refractivity contribution in [3.05, 3.63) is 11.6 Å². The van der Waals surface area contributed by atoms with Crippen molar-refractivity contribution < 1.29 is 19.7 Å². The van der Waals surface area contributed by atoms with Gasteiger partial charge >= 0.3 is 5.97 Å². The lowest BCUT2D eigenvalue weighted by Gasteiger charge is -2.34. The minimum atomic E-state index is -1.28. The predicted molar refractivity (Wildman–Crippen MR) is 68.9 cm³/mol. The second kappa shape index (κ2) is 5.85. The summed E-state index contributed by atoms with van der Waals surface area (Å²) < 4.78 is 5.07. The van der Waals surface area contributed by atoms with Crippen LogP contribution in [0, 0.1) is 11.8 Å². The molecule has 0 radical (unpaired) electrons. The largest absolute Gasteiger partial charge is 0.461 e.